The number of carbonyl (C=O) groups is 4. The lowest BCUT2D eigenvalue weighted by molar-refractivity contribution is -0.151. The Labute approximate surface area is 173 Å². The summed E-state index contributed by atoms with van der Waals surface area (Å²) in [7, 11) is 1.20. The standard InChI is InChI=1S/C20H35NO8/c1-13(2)12-27-16(23)14(10-11-15(22)26-9)21(17(24)28-19(3,4)5)18(25)29-20(6,7)8/h13-14H,10-12H2,1-9H3/t14-/m0/s1. The quantitative estimate of drug-likeness (QED) is 0.456. The molecule has 0 radical (unpaired) electrons. The summed E-state index contributed by atoms with van der Waals surface area (Å²) < 4.78 is 20.4. The van der Waals surface area contributed by atoms with Gasteiger partial charge in [-0.25, -0.2) is 14.4 Å². The fourth-order valence-electron chi connectivity index (χ4n) is 2.01. The van der Waals surface area contributed by atoms with E-state index in [1.165, 1.54) is 7.11 Å². The van der Waals surface area contributed by atoms with E-state index in [0.717, 1.165) is 0 Å². The number of esters is 2. The first-order valence-electron chi connectivity index (χ1n) is 9.56. The second-order valence-corrected chi connectivity index (χ2v) is 8.99. The van der Waals surface area contributed by atoms with Gasteiger partial charge in [-0.2, -0.15) is 4.90 Å². The molecule has 168 valence electrons. The summed E-state index contributed by atoms with van der Waals surface area (Å²) in [5.41, 5.74) is -1.85. The van der Waals surface area contributed by atoms with Gasteiger partial charge in [0.1, 0.15) is 17.2 Å². The van der Waals surface area contributed by atoms with E-state index < -0.39 is 41.4 Å². The molecule has 0 saturated heterocycles. The van der Waals surface area contributed by atoms with E-state index in [2.05, 4.69) is 4.74 Å². The zero-order chi connectivity index (χ0) is 23.0. The number of ether oxygens (including phenoxy) is 4. The molecule has 0 aliphatic heterocycles. The highest BCUT2D eigenvalue weighted by Gasteiger charge is 2.41. The van der Waals surface area contributed by atoms with Gasteiger partial charge in [-0.3, -0.25) is 4.79 Å². The third kappa shape index (κ3) is 11.3. The van der Waals surface area contributed by atoms with Gasteiger partial charge in [0.2, 0.25) is 0 Å². The molecule has 0 aliphatic rings. The van der Waals surface area contributed by atoms with Gasteiger partial charge in [0.15, 0.2) is 0 Å². The van der Waals surface area contributed by atoms with E-state index in [-0.39, 0.29) is 25.4 Å². The van der Waals surface area contributed by atoms with Gasteiger partial charge in [-0.15, -0.1) is 0 Å². The molecular formula is C20H35NO8. The number of carbonyl (C=O) groups excluding carboxylic acids is 4. The van der Waals surface area contributed by atoms with Gasteiger partial charge < -0.3 is 18.9 Å². The number of rotatable bonds is 7. The van der Waals surface area contributed by atoms with Gasteiger partial charge in [-0.1, -0.05) is 13.8 Å². The lowest BCUT2D eigenvalue weighted by atomic mass is 10.1. The second kappa shape index (κ2) is 11.0. The number of nitrogens with zero attached hydrogens (tertiary/aromatic N) is 1. The SMILES string of the molecule is COC(=O)CC[C@@H](C(=O)OCC(C)C)N(C(=O)OC(C)(C)C)C(=O)OC(C)(C)C. The minimum atomic E-state index is -1.41. The molecule has 0 unspecified atom stereocenters. The van der Waals surface area contributed by atoms with Crippen molar-refractivity contribution in [2.75, 3.05) is 13.7 Å². The smallest absolute Gasteiger partial charge is 0.420 e. The lowest BCUT2D eigenvalue weighted by Gasteiger charge is -2.32. The highest BCUT2D eigenvalue weighted by atomic mass is 16.6. The van der Waals surface area contributed by atoms with Crippen LogP contribution in [-0.4, -0.2) is 60.0 Å². The van der Waals surface area contributed by atoms with Crippen LogP contribution in [0.3, 0.4) is 0 Å². The van der Waals surface area contributed by atoms with Crippen molar-refractivity contribution in [3.8, 4) is 0 Å². The first-order valence-corrected chi connectivity index (χ1v) is 9.56. The minimum absolute atomic E-state index is 0.0386. The van der Waals surface area contributed by atoms with Gasteiger partial charge in [0.05, 0.1) is 13.7 Å². The molecule has 0 aromatic carbocycles. The van der Waals surface area contributed by atoms with Crippen LogP contribution in [0.25, 0.3) is 0 Å². The number of amides is 2. The van der Waals surface area contributed by atoms with Gasteiger partial charge >= 0.3 is 24.1 Å². The third-order valence-electron chi connectivity index (χ3n) is 3.17. The highest BCUT2D eigenvalue weighted by molar-refractivity contribution is 5.94. The van der Waals surface area contributed by atoms with E-state index in [9.17, 15) is 19.2 Å². The Bertz CT molecular complexity index is 558. The van der Waals surface area contributed by atoms with E-state index in [4.69, 9.17) is 14.2 Å². The molecule has 0 fully saturated rings. The van der Waals surface area contributed by atoms with E-state index >= 15 is 0 Å². The molecule has 1 atom stereocenters. The van der Waals surface area contributed by atoms with Crippen LogP contribution in [0.2, 0.25) is 0 Å². The first kappa shape index (κ1) is 26.7. The molecule has 0 aliphatic carbocycles. The molecule has 9 nitrogen and oxygen atoms in total. The molecule has 0 bridgehead atoms. The fourth-order valence-corrected chi connectivity index (χ4v) is 2.01. The Hall–Kier alpha value is -2.32. The fraction of sp³-hybridized carbons (Fsp3) is 0.800. The Morgan fingerprint density at radius 1 is 0.862 bits per heavy atom. The maximum absolute atomic E-state index is 12.8. The minimum Gasteiger partial charge on any atom is -0.469 e. The van der Waals surface area contributed by atoms with Crippen molar-refractivity contribution in [1.29, 1.82) is 0 Å². The summed E-state index contributed by atoms with van der Waals surface area (Å²) in [4.78, 5) is 50.4. The molecule has 0 heterocycles. The van der Waals surface area contributed by atoms with Crippen LogP contribution in [0.4, 0.5) is 9.59 Å². The van der Waals surface area contributed by atoms with Crippen molar-refractivity contribution in [2.45, 2.75) is 85.5 Å². The van der Waals surface area contributed by atoms with Crippen molar-refractivity contribution < 1.29 is 38.1 Å². The Morgan fingerprint density at radius 3 is 1.66 bits per heavy atom. The highest BCUT2D eigenvalue weighted by Crippen LogP contribution is 2.20. The van der Waals surface area contributed by atoms with Crippen LogP contribution in [0.15, 0.2) is 0 Å². The predicted molar refractivity (Wildman–Crippen MR) is 105 cm³/mol. The monoisotopic (exact) mass is 417 g/mol. The van der Waals surface area contributed by atoms with Crippen molar-refractivity contribution in [3.05, 3.63) is 0 Å². The zero-order valence-corrected chi connectivity index (χ0v) is 19.0. The molecule has 0 rings (SSSR count). The normalized spacial score (nSPS) is 12.8. The van der Waals surface area contributed by atoms with Gasteiger partial charge in [0.25, 0.3) is 0 Å². The van der Waals surface area contributed by atoms with Gasteiger partial charge in [0, 0.05) is 6.42 Å². The molecule has 9 heteroatoms. The van der Waals surface area contributed by atoms with Crippen LogP contribution < -0.4 is 0 Å². The largest absolute Gasteiger partial charge is 0.469 e. The third-order valence-corrected chi connectivity index (χ3v) is 3.17. The first-order chi connectivity index (χ1) is 13.1. The molecule has 29 heavy (non-hydrogen) atoms. The van der Waals surface area contributed by atoms with Crippen molar-refractivity contribution in [3.63, 3.8) is 0 Å². The zero-order valence-electron chi connectivity index (χ0n) is 19.0. The van der Waals surface area contributed by atoms with E-state index in [1.54, 1.807) is 41.5 Å². The van der Waals surface area contributed by atoms with Crippen LogP contribution in [-0.2, 0) is 28.5 Å². The second-order valence-electron chi connectivity index (χ2n) is 8.99. The summed E-state index contributed by atoms with van der Waals surface area (Å²) in [5, 5.41) is 0. The summed E-state index contributed by atoms with van der Waals surface area (Å²) in [6.07, 6.45) is -2.53. The predicted octanol–water partition coefficient (Wildman–Crippen LogP) is 3.68. The lowest BCUT2D eigenvalue weighted by Crippen LogP contribution is -2.52. The summed E-state index contributed by atoms with van der Waals surface area (Å²) in [6, 6.07) is -1.41. The van der Waals surface area contributed by atoms with Crippen molar-refractivity contribution >= 4 is 24.1 Å². The number of imide groups is 1. The average Bonchev–Trinajstić information content (AvgIpc) is 2.52. The average molecular weight is 417 g/mol. The number of methoxy groups -OCH3 is 1. The molecule has 0 aromatic heterocycles. The summed E-state index contributed by atoms with van der Waals surface area (Å²) in [5.74, 6) is -1.39. The van der Waals surface area contributed by atoms with Crippen molar-refractivity contribution in [2.24, 2.45) is 5.92 Å². The topological polar surface area (TPSA) is 108 Å². The maximum atomic E-state index is 12.8. The Kier molecular flexibility index (Phi) is 10.1. The van der Waals surface area contributed by atoms with Crippen LogP contribution in [0.5, 0.6) is 0 Å². The van der Waals surface area contributed by atoms with Crippen LogP contribution >= 0.6 is 0 Å². The van der Waals surface area contributed by atoms with Gasteiger partial charge in [-0.05, 0) is 53.9 Å². The summed E-state index contributed by atoms with van der Waals surface area (Å²) in [6.45, 7) is 13.5. The molecule has 2 amide bonds. The van der Waals surface area contributed by atoms with Crippen molar-refractivity contribution in [1.82, 2.24) is 4.90 Å². The Morgan fingerprint density at radius 2 is 1.31 bits per heavy atom. The summed E-state index contributed by atoms with van der Waals surface area (Å²) >= 11 is 0. The molecular weight excluding hydrogens is 382 g/mol. The Balaban J connectivity index is 5.92. The molecule has 0 N–H and O–H groups in total. The molecule has 0 spiro atoms. The van der Waals surface area contributed by atoms with E-state index in [1.807, 2.05) is 13.8 Å². The van der Waals surface area contributed by atoms with Crippen LogP contribution in [0, 0.1) is 5.92 Å². The molecule has 0 aromatic rings. The molecule has 0 saturated carbocycles. The number of hydrogen-bond acceptors (Lipinski definition) is 8. The van der Waals surface area contributed by atoms with E-state index in [0.29, 0.717) is 4.90 Å². The number of hydrogen-bond donors (Lipinski definition) is 0. The maximum Gasteiger partial charge on any atom is 0.420 e. The van der Waals surface area contributed by atoms with Crippen LogP contribution in [0.1, 0.15) is 68.2 Å².